The number of fused-ring (bicyclic) bond motifs is 1. The third kappa shape index (κ3) is 3.93. The second-order valence-electron chi connectivity index (χ2n) is 4.40. The molecular weight excluding hydrogens is 336 g/mol. The van der Waals surface area contributed by atoms with Crippen LogP contribution in [-0.4, -0.2) is 37.0 Å². The van der Waals surface area contributed by atoms with Crippen LogP contribution in [0.25, 0.3) is 11.0 Å². The van der Waals surface area contributed by atoms with Gasteiger partial charge in [-0.15, -0.1) is 5.10 Å². The zero-order chi connectivity index (χ0) is 16.1. The van der Waals surface area contributed by atoms with Crippen LogP contribution in [0.4, 0.5) is 4.79 Å². The number of para-hydroxylation sites is 1. The highest BCUT2D eigenvalue weighted by Crippen LogP contribution is 2.32. The van der Waals surface area contributed by atoms with Crippen LogP contribution in [0.3, 0.4) is 0 Å². The first-order valence-electron chi connectivity index (χ1n) is 6.64. The molecule has 0 aliphatic carbocycles. The molecule has 23 heavy (non-hydrogen) atoms. The van der Waals surface area contributed by atoms with Crippen molar-refractivity contribution in [3.05, 3.63) is 48.7 Å². The highest BCUT2D eigenvalue weighted by atomic mass is 33.1. The van der Waals surface area contributed by atoms with Crippen molar-refractivity contribution in [1.29, 1.82) is 0 Å². The largest absolute Gasteiger partial charge is 0.507 e. The Morgan fingerprint density at radius 3 is 2.87 bits per heavy atom. The van der Waals surface area contributed by atoms with Gasteiger partial charge in [0.1, 0.15) is 10.5 Å². The van der Waals surface area contributed by atoms with Gasteiger partial charge >= 0.3 is 6.16 Å². The van der Waals surface area contributed by atoms with E-state index in [2.05, 4.69) is 15.3 Å². The van der Waals surface area contributed by atoms with Crippen molar-refractivity contribution in [3.63, 3.8) is 0 Å². The van der Waals surface area contributed by atoms with E-state index in [0.29, 0.717) is 11.3 Å². The van der Waals surface area contributed by atoms with E-state index in [-0.39, 0.29) is 0 Å². The Kier molecular flexibility index (Phi) is 4.99. The number of pyridine rings is 1. The zero-order valence-corrected chi connectivity index (χ0v) is 13.4. The van der Waals surface area contributed by atoms with Gasteiger partial charge < -0.3 is 9.84 Å². The van der Waals surface area contributed by atoms with E-state index in [0.717, 1.165) is 10.5 Å². The van der Waals surface area contributed by atoms with E-state index in [9.17, 15) is 4.79 Å². The first-order valence-corrected chi connectivity index (χ1v) is 8.96. The fraction of sp³-hybridized carbons (Fsp3) is 0.143. The Morgan fingerprint density at radius 2 is 2.09 bits per heavy atom. The van der Waals surface area contributed by atoms with E-state index in [1.54, 1.807) is 6.20 Å². The molecule has 2 aromatic heterocycles. The number of benzene rings is 1. The number of ether oxygens (including phenoxy) is 1. The second-order valence-corrected chi connectivity index (χ2v) is 6.76. The minimum absolute atomic E-state index is 0.376. The van der Waals surface area contributed by atoms with Gasteiger partial charge in [0, 0.05) is 6.20 Å². The Morgan fingerprint density at radius 1 is 1.26 bits per heavy atom. The van der Waals surface area contributed by atoms with Gasteiger partial charge in [-0.2, -0.15) is 0 Å². The monoisotopic (exact) mass is 348 g/mol. The third-order valence-corrected chi connectivity index (χ3v) is 5.11. The molecule has 9 heteroatoms. The maximum absolute atomic E-state index is 11.0. The molecule has 3 rings (SSSR count). The normalized spacial score (nSPS) is 12.2. The molecule has 118 valence electrons. The molecule has 1 N–H and O–H groups in total. The molecule has 0 aliphatic heterocycles. The molecule has 1 atom stereocenters. The van der Waals surface area contributed by atoms with Crippen molar-refractivity contribution in [2.24, 2.45) is 0 Å². The summed E-state index contributed by atoms with van der Waals surface area (Å²) < 4.78 is 6.44. The summed E-state index contributed by atoms with van der Waals surface area (Å²) in [7, 11) is 2.89. The summed E-state index contributed by atoms with van der Waals surface area (Å²) in [5.41, 5.74) is 1.41. The Balaban J connectivity index is 1.74. The summed E-state index contributed by atoms with van der Waals surface area (Å²) in [4.78, 5) is 15.2. The van der Waals surface area contributed by atoms with Crippen molar-refractivity contribution in [2.45, 2.75) is 11.3 Å². The quantitative estimate of drug-likeness (QED) is 0.535. The molecule has 7 nitrogen and oxygen atoms in total. The highest BCUT2D eigenvalue weighted by molar-refractivity contribution is 8.76. The Labute approximate surface area is 139 Å². The topological polar surface area (TPSA) is 90.1 Å². The SMILES string of the molecule is O=C(O)OC(CSSc1ccccn1)n1nnc2ccccc21. The van der Waals surface area contributed by atoms with Crippen molar-refractivity contribution in [3.8, 4) is 0 Å². The number of aromatic nitrogens is 4. The molecule has 0 spiro atoms. The maximum atomic E-state index is 11.0. The molecule has 1 unspecified atom stereocenters. The average Bonchev–Trinajstić information content (AvgIpc) is 2.98. The van der Waals surface area contributed by atoms with Gasteiger partial charge in [0.2, 0.25) is 6.23 Å². The van der Waals surface area contributed by atoms with Crippen LogP contribution in [-0.2, 0) is 4.74 Å². The third-order valence-electron chi connectivity index (χ3n) is 2.88. The first-order chi connectivity index (χ1) is 11.2. The number of hydrogen-bond donors (Lipinski definition) is 1. The van der Waals surface area contributed by atoms with Crippen LogP contribution in [0.15, 0.2) is 53.7 Å². The van der Waals surface area contributed by atoms with Gasteiger partial charge in [0.25, 0.3) is 0 Å². The Hall–Kier alpha value is -2.26. The van der Waals surface area contributed by atoms with E-state index in [1.165, 1.54) is 26.3 Å². The van der Waals surface area contributed by atoms with E-state index in [4.69, 9.17) is 9.84 Å². The predicted molar refractivity (Wildman–Crippen MR) is 88.2 cm³/mol. The van der Waals surface area contributed by atoms with Crippen LogP contribution in [0.5, 0.6) is 0 Å². The van der Waals surface area contributed by atoms with E-state index >= 15 is 0 Å². The average molecular weight is 348 g/mol. The van der Waals surface area contributed by atoms with E-state index < -0.39 is 12.4 Å². The lowest BCUT2D eigenvalue weighted by atomic mass is 10.3. The van der Waals surface area contributed by atoms with Gasteiger partial charge in [-0.05, 0) is 35.1 Å². The van der Waals surface area contributed by atoms with Gasteiger partial charge in [-0.1, -0.05) is 34.2 Å². The standard InChI is InChI=1S/C14H12N4O3S2/c19-14(20)21-13(9-22-23-12-7-3-4-8-15-12)18-11-6-2-1-5-10(11)16-17-18/h1-8,13H,9H2,(H,19,20). The minimum atomic E-state index is -1.35. The lowest BCUT2D eigenvalue weighted by molar-refractivity contribution is 0.0259. The summed E-state index contributed by atoms with van der Waals surface area (Å²) in [6.45, 7) is 0. The molecule has 0 aliphatic rings. The minimum Gasteiger partial charge on any atom is -0.450 e. The van der Waals surface area contributed by atoms with Gasteiger partial charge in [0.15, 0.2) is 0 Å². The second kappa shape index (κ2) is 7.34. The highest BCUT2D eigenvalue weighted by Gasteiger charge is 2.20. The maximum Gasteiger partial charge on any atom is 0.507 e. The molecule has 0 bridgehead atoms. The van der Waals surface area contributed by atoms with Crippen LogP contribution >= 0.6 is 21.6 Å². The fourth-order valence-electron chi connectivity index (χ4n) is 1.92. The summed E-state index contributed by atoms with van der Waals surface area (Å²) in [6, 6.07) is 12.9. The summed E-state index contributed by atoms with van der Waals surface area (Å²) >= 11 is 0. The predicted octanol–water partition coefficient (Wildman–Crippen LogP) is 3.46. The number of carbonyl (C=O) groups is 1. The molecular formula is C14H12N4O3S2. The number of carboxylic acid groups (broad SMARTS) is 1. The van der Waals surface area contributed by atoms with Crippen LogP contribution in [0, 0.1) is 0 Å². The van der Waals surface area contributed by atoms with Gasteiger partial charge in [0.05, 0.1) is 11.3 Å². The molecule has 0 amide bonds. The van der Waals surface area contributed by atoms with E-state index in [1.807, 2.05) is 42.5 Å². The molecule has 0 saturated heterocycles. The number of hydrogen-bond acceptors (Lipinski definition) is 7. The van der Waals surface area contributed by atoms with Crippen molar-refractivity contribution >= 4 is 38.8 Å². The smallest absolute Gasteiger partial charge is 0.450 e. The van der Waals surface area contributed by atoms with Crippen LogP contribution in [0.1, 0.15) is 6.23 Å². The van der Waals surface area contributed by atoms with Gasteiger partial charge in [-0.3, -0.25) is 0 Å². The van der Waals surface area contributed by atoms with Gasteiger partial charge in [-0.25, -0.2) is 14.5 Å². The molecule has 0 radical (unpaired) electrons. The molecule has 0 fully saturated rings. The first kappa shape index (κ1) is 15.6. The number of nitrogens with zero attached hydrogens (tertiary/aromatic N) is 4. The fourth-order valence-corrected chi connectivity index (χ4v) is 3.88. The Bertz CT molecular complexity index is 797. The molecule has 2 heterocycles. The summed E-state index contributed by atoms with van der Waals surface area (Å²) in [6.07, 6.45) is -0.405. The van der Waals surface area contributed by atoms with Crippen LogP contribution < -0.4 is 0 Å². The van der Waals surface area contributed by atoms with Crippen molar-refractivity contribution < 1.29 is 14.6 Å². The van der Waals surface area contributed by atoms with Crippen LogP contribution in [0.2, 0.25) is 0 Å². The summed E-state index contributed by atoms with van der Waals surface area (Å²) in [5.74, 6) is 0.376. The molecule has 1 aromatic carbocycles. The molecule has 0 saturated carbocycles. The zero-order valence-electron chi connectivity index (χ0n) is 11.8. The lowest BCUT2D eigenvalue weighted by Crippen LogP contribution is -2.19. The number of rotatable bonds is 6. The van der Waals surface area contributed by atoms with Crippen molar-refractivity contribution in [2.75, 3.05) is 5.75 Å². The molecule has 3 aromatic rings. The van der Waals surface area contributed by atoms with Crippen molar-refractivity contribution in [1.82, 2.24) is 20.0 Å². The summed E-state index contributed by atoms with van der Waals surface area (Å²) in [5, 5.41) is 17.8. The lowest BCUT2D eigenvalue weighted by Gasteiger charge is -2.15.